The number of nitrogens with zero attached hydrogens (tertiary/aromatic N) is 4. The van der Waals surface area contributed by atoms with Gasteiger partial charge in [0.15, 0.2) is 0 Å². The van der Waals surface area contributed by atoms with Gasteiger partial charge in [-0.2, -0.15) is 10.1 Å². The van der Waals surface area contributed by atoms with Gasteiger partial charge in [-0.3, -0.25) is 4.68 Å². The molecule has 2 aromatic heterocycles. The van der Waals surface area contributed by atoms with Gasteiger partial charge in [-0.1, -0.05) is 0 Å². The minimum atomic E-state index is 0.286. The summed E-state index contributed by atoms with van der Waals surface area (Å²) in [6, 6.07) is 1.85. The topological polar surface area (TPSA) is 81.7 Å². The lowest BCUT2D eigenvalue weighted by Crippen LogP contribution is -2.04. The molecule has 6 heteroatoms. The summed E-state index contributed by atoms with van der Waals surface area (Å²) in [5.74, 6) is 1.02. The Morgan fingerprint density at radius 1 is 1.44 bits per heavy atom. The molecule has 3 N–H and O–H groups in total. The largest absolute Gasteiger partial charge is 0.368 e. The first-order chi connectivity index (χ1) is 7.63. The van der Waals surface area contributed by atoms with E-state index in [0.29, 0.717) is 6.54 Å². The van der Waals surface area contributed by atoms with Crippen LogP contribution < -0.4 is 11.1 Å². The third-order valence-electron chi connectivity index (χ3n) is 2.10. The van der Waals surface area contributed by atoms with Crippen molar-refractivity contribution in [2.45, 2.75) is 13.5 Å². The molecule has 0 bridgehead atoms. The third-order valence-corrected chi connectivity index (χ3v) is 2.10. The van der Waals surface area contributed by atoms with Crippen LogP contribution in [-0.2, 0) is 13.6 Å². The summed E-state index contributed by atoms with van der Waals surface area (Å²) in [4.78, 5) is 8.09. The molecule has 84 valence electrons. The summed E-state index contributed by atoms with van der Waals surface area (Å²) in [5.41, 5.74) is 7.50. The quantitative estimate of drug-likeness (QED) is 0.793. The normalized spacial score (nSPS) is 10.4. The highest BCUT2D eigenvalue weighted by Crippen LogP contribution is 2.08. The number of aryl methyl sites for hydroxylation is 2. The standard InChI is InChI=1S/C10H14N6/c1-7-3-9(15-10(11)14-7)12-4-8-5-13-16(2)6-8/h3,5-6H,4H2,1-2H3,(H3,11,12,14,15). The number of nitrogen functional groups attached to an aromatic ring is 1. The first-order valence-electron chi connectivity index (χ1n) is 4.96. The maximum atomic E-state index is 5.55. The fraction of sp³-hybridized carbons (Fsp3) is 0.300. The second-order valence-corrected chi connectivity index (χ2v) is 3.63. The van der Waals surface area contributed by atoms with E-state index in [9.17, 15) is 0 Å². The van der Waals surface area contributed by atoms with Crippen LogP contribution in [0.4, 0.5) is 11.8 Å². The molecule has 2 rings (SSSR count). The molecule has 0 spiro atoms. The second kappa shape index (κ2) is 4.18. The van der Waals surface area contributed by atoms with Gasteiger partial charge < -0.3 is 11.1 Å². The Bertz CT molecular complexity index is 470. The summed E-state index contributed by atoms with van der Waals surface area (Å²) < 4.78 is 1.76. The van der Waals surface area contributed by atoms with Crippen molar-refractivity contribution in [3.05, 3.63) is 29.7 Å². The summed E-state index contributed by atoms with van der Waals surface area (Å²) in [7, 11) is 1.89. The van der Waals surface area contributed by atoms with E-state index in [1.165, 1.54) is 0 Å². The van der Waals surface area contributed by atoms with Gasteiger partial charge in [0.2, 0.25) is 5.95 Å². The number of hydrogen-bond acceptors (Lipinski definition) is 5. The zero-order valence-corrected chi connectivity index (χ0v) is 9.31. The molecule has 0 aliphatic heterocycles. The van der Waals surface area contributed by atoms with Gasteiger partial charge >= 0.3 is 0 Å². The molecular formula is C10H14N6. The zero-order chi connectivity index (χ0) is 11.5. The lowest BCUT2D eigenvalue weighted by Gasteiger charge is -2.05. The summed E-state index contributed by atoms with van der Waals surface area (Å²) >= 11 is 0. The van der Waals surface area contributed by atoms with Crippen molar-refractivity contribution in [3.8, 4) is 0 Å². The summed E-state index contributed by atoms with van der Waals surface area (Å²) in [6.45, 7) is 2.55. The van der Waals surface area contributed by atoms with E-state index in [1.807, 2.05) is 32.4 Å². The minimum absolute atomic E-state index is 0.286. The number of nitrogens with two attached hydrogens (primary N) is 1. The highest BCUT2D eigenvalue weighted by Gasteiger charge is 2.00. The van der Waals surface area contributed by atoms with Gasteiger partial charge in [0.1, 0.15) is 5.82 Å². The Balaban J connectivity index is 2.04. The molecule has 0 unspecified atom stereocenters. The fourth-order valence-corrected chi connectivity index (χ4v) is 1.44. The van der Waals surface area contributed by atoms with Gasteiger partial charge in [-0.05, 0) is 6.92 Å². The van der Waals surface area contributed by atoms with Crippen LogP contribution >= 0.6 is 0 Å². The van der Waals surface area contributed by atoms with Crippen LogP contribution in [0.2, 0.25) is 0 Å². The van der Waals surface area contributed by atoms with E-state index in [2.05, 4.69) is 20.4 Å². The van der Waals surface area contributed by atoms with Crippen molar-refractivity contribution in [2.75, 3.05) is 11.1 Å². The molecule has 2 heterocycles. The van der Waals surface area contributed by atoms with Gasteiger partial charge in [0, 0.05) is 37.1 Å². The Morgan fingerprint density at radius 2 is 2.25 bits per heavy atom. The maximum Gasteiger partial charge on any atom is 0.222 e. The lowest BCUT2D eigenvalue weighted by molar-refractivity contribution is 0.767. The number of hydrogen-bond donors (Lipinski definition) is 2. The van der Waals surface area contributed by atoms with Gasteiger partial charge in [-0.25, -0.2) is 4.98 Å². The number of anilines is 2. The van der Waals surface area contributed by atoms with Crippen molar-refractivity contribution in [1.29, 1.82) is 0 Å². The van der Waals surface area contributed by atoms with E-state index in [4.69, 9.17) is 5.73 Å². The van der Waals surface area contributed by atoms with E-state index < -0.39 is 0 Å². The van der Waals surface area contributed by atoms with E-state index in [1.54, 1.807) is 4.68 Å². The maximum absolute atomic E-state index is 5.55. The van der Waals surface area contributed by atoms with Crippen LogP contribution in [0, 0.1) is 6.92 Å². The molecule has 0 saturated carbocycles. The van der Waals surface area contributed by atoms with Crippen LogP contribution in [0.1, 0.15) is 11.3 Å². The predicted molar refractivity (Wildman–Crippen MR) is 61.7 cm³/mol. The molecule has 0 atom stereocenters. The van der Waals surface area contributed by atoms with Crippen molar-refractivity contribution < 1.29 is 0 Å². The lowest BCUT2D eigenvalue weighted by atomic mass is 10.3. The van der Waals surface area contributed by atoms with Crippen molar-refractivity contribution in [3.63, 3.8) is 0 Å². The zero-order valence-electron chi connectivity index (χ0n) is 9.31. The number of rotatable bonds is 3. The van der Waals surface area contributed by atoms with Crippen LogP contribution in [0.25, 0.3) is 0 Å². The Labute approximate surface area is 93.5 Å². The van der Waals surface area contributed by atoms with E-state index in [-0.39, 0.29) is 5.95 Å². The minimum Gasteiger partial charge on any atom is -0.368 e. The van der Waals surface area contributed by atoms with Gasteiger partial charge in [-0.15, -0.1) is 0 Å². The van der Waals surface area contributed by atoms with Crippen LogP contribution in [0.3, 0.4) is 0 Å². The van der Waals surface area contributed by atoms with Crippen molar-refractivity contribution >= 4 is 11.8 Å². The molecule has 0 amide bonds. The number of aromatic nitrogens is 4. The fourth-order valence-electron chi connectivity index (χ4n) is 1.44. The second-order valence-electron chi connectivity index (χ2n) is 3.63. The molecule has 0 saturated heterocycles. The third kappa shape index (κ3) is 2.47. The number of nitrogens with one attached hydrogen (secondary N) is 1. The molecule has 16 heavy (non-hydrogen) atoms. The first kappa shape index (κ1) is 10.4. The van der Waals surface area contributed by atoms with E-state index >= 15 is 0 Å². The average Bonchev–Trinajstić information content (AvgIpc) is 2.60. The predicted octanol–water partition coefficient (Wildman–Crippen LogP) is 0.713. The molecule has 0 radical (unpaired) electrons. The van der Waals surface area contributed by atoms with Gasteiger partial charge in [0.05, 0.1) is 6.20 Å². The Hall–Kier alpha value is -2.11. The van der Waals surface area contributed by atoms with Crippen LogP contribution in [0.15, 0.2) is 18.5 Å². The van der Waals surface area contributed by atoms with E-state index in [0.717, 1.165) is 17.1 Å². The average molecular weight is 218 g/mol. The highest BCUT2D eigenvalue weighted by atomic mass is 15.2. The van der Waals surface area contributed by atoms with Crippen LogP contribution in [0.5, 0.6) is 0 Å². The molecular weight excluding hydrogens is 204 g/mol. The Morgan fingerprint density at radius 3 is 2.88 bits per heavy atom. The van der Waals surface area contributed by atoms with Crippen molar-refractivity contribution in [2.24, 2.45) is 7.05 Å². The molecule has 0 aromatic carbocycles. The highest BCUT2D eigenvalue weighted by molar-refractivity contribution is 5.40. The molecule has 0 fully saturated rings. The molecule has 0 aliphatic rings. The molecule has 2 aromatic rings. The Kier molecular flexibility index (Phi) is 2.72. The monoisotopic (exact) mass is 218 g/mol. The van der Waals surface area contributed by atoms with Gasteiger partial charge in [0.25, 0.3) is 0 Å². The van der Waals surface area contributed by atoms with Crippen molar-refractivity contribution in [1.82, 2.24) is 19.7 Å². The summed E-state index contributed by atoms with van der Waals surface area (Å²) in [5, 5.41) is 7.25. The first-order valence-corrected chi connectivity index (χ1v) is 4.96. The smallest absolute Gasteiger partial charge is 0.222 e. The molecule has 6 nitrogen and oxygen atoms in total. The molecule has 0 aliphatic carbocycles. The van der Waals surface area contributed by atoms with Crippen LogP contribution in [-0.4, -0.2) is 19.7 Å². The summed E-state index contributed by atoms with van der Waals surface area (Å²) in [6.07, 6.45) is 3.76. The SMILES string of the molecule is Cc1cc(NCc2cnn(C)c2)nc(N)n1.